The SMILES string of the molecule is Clc1cccc(Cn2cc(-c3cccc4nc(Cc5ccc(OCCN6CCCC6)cc5)nn34)cn2)c1. The third-order valence-electron chi connectivity index (χ3n) is 6.73. The Balaban J connectivity index is 1.13. The zero-order valence-electron chi connectivity index (χ0n) is 20.6. The lowest BCUT2D eigenvalue weighted by Crippen LogP contribution is -2.25. The number of rotatable bonds is 9. The Morgan fingerprint density at radius 3 is 2.59 bits per heavy atom. The van der Waals surface area contributed by atoms with Gasteiger partial charge in [0.15, 0.2) is 11.5 Å². The van der Waals surface area contributed by atoms with Gasteiger partial charge < -0.3 is 4.74 Å². The standard InChI is InChI=1S/C29H29ClN6O/c30-25-6-3-5-23(17-25)20-35-21-24(19-31-35)27-7-4-8-29-32-28(33-36(27)29)18-22-9-11-26(12-10-22)37-16-15-34-13-1-2-14-34/h3-12,17,19,21H,1-2,13-16,18,20H2. The molecule has 0 radical (unpaired) electrons. The molecule has 8 heteroatoms. The Morgan fingerprint density at radius 2 is 1.76 bits per heavy atom. The monoisotopic (exact) mass is 512 g/mol. The third-order valence-corrected chi connectivity index (χ3v) is 6.96. The summed E-state index contributed by atoms with van der Waals surface area (Å²) in [6, 6.07) is 22.1. The van der Waals surface area contributed by atoms with Crippen LogP contribution in [0.5, 0.6) is 5.75 Å². The molecule has 0 N–H and O–H groups in total. The van der Waals surface area contributed by atoms with Crippen LogP contribution in [-0.2, 0) is 13.0 Å². The highest BCUT2D eigenvalue weighted by Crippen LogP contribution is 2.22. The fourth-order valence-electron chi connectivity index (χ4n) is 4.83. The number of fused-ring (bicyclic) bond motifs is 1. The molecule has 6 rings (SSSR count). The van der Waals surface area contributed by atoms with Crippen molar-refractivity contribution in [2.75, 3.05) is 26.2 Å². The molecule has 37 heavy (non-hydrogen) atoms. The maximum atomic E-state index is 6.13. The lowest BCUT2D eigenvalue weighted by molar-refractivity contribution is 0.238. The number of halogens is 1. The Labute approximate surface area is 221 Å². The van der Waals surface area contributed by atoms with Gasteiger partial charge in [-0.2, -0.15) is 10.2 Å². The molecule has 0 saturated carbocycles. The zero-order valence-corrected chi connectivity index (χ0v) is 21.4. The van der Waals surface area contributed by atoms with Crippen LogP contribution < -0.4 is 4.74 Å². The van der Waals surface area contributed by atoms with Crippen molar-refractivity contribution in [3.05, 3.63) is 101 Å². The van der Waals surface area contributed by atoms with Crippen molar-refractivity contribution in [1.29, 1.82) is 0 Å². The van der Waals surface area contributed by atoms with E-state index in [0.29, 0.717) is 13.0 Å². The van der Waals surface area contributed by atoms with Gasteiger partial charge in [0.1, 0.15) is 12.4 Å². The summed E-state index contributed by atoms with van der Waals surface area (Å²) in [5, 5.41) is 10.1. The van der Waals surface area contributed by atoms with Crippen LogP contribution in [-0.4, -0.2) is 55.5 Å². The van der Waals surface area contributed by atoms with Crippen LogP contribution in [0.4, 0.5) is 0 Å². The molecule has 1 saturated heterocycles. The van der Waals surface area contributed by atoms with E-state index >= 15 is 0 Å². The van der Waals surface area contributed by atoms with Crippen LogP contribution >= 0.6 is 11.6 Å². The fraction of sp³-hybridized carbons (Fsp3) is 0.276. The molecular weight excluding hydrogens is 484 g/mol. The maximum absolute atomic E-state index is 6.13. The number of ether oxygens (including phenoxy) is 1. The van der Waals surface area contributed by atoms with Crippen LogP contribution in [0.1, 0.15) is 29.8 Å². The number of hydrogen-bond acceptors (Lipinski definition) is 5. The highest BCUT2D eigenvalue weighted by atomic mass is 35.5. The molecule has 0 bridgehead atoms. The molecule has 0 unspecified atom stereocenters. The summed E-state index contributed by atoms with van der Waals surface area (Å²) in [6.45, 7) is 4.76. The quantitative estimate of drug-likeness (QED) is 0.266. The van der Waals surface area contributed by atoms with E-state index in [9.17, 15) is 0 Å². The summed E-state index contributed by atoms with van der Waals surface area (Å²) in [5.41, 5.74) is 5.01. The number of likely N-dealkylation sites (tertiary alicyclic amines) is 1. The van der Waals surface area contributed by atoms with Gasteiger partial charge in [0.05, 0.1) is 18.4 Å². The molecule has 5 aromatic rings. The van der Waals surface area contributed by atoms with Crippen molar-refractivity contribution in [3.8, 4) is 17.0 Å². The van der Waals surface area contributed by atoms with Gasteiger partial charge in [-0.3, -0.25) is 9.58 Å². The molecule has 1 aliphatic rings. The Hall–Kier alpha value is -3.68. The number of benzene rings is 2. The molecule has 1 fully saturated rings. The fourth-order valence-corrected chi connectivity index (χ4v) is 5.05. The van der Waals surface area contributed by atoms with Gasteiger partial charge in [0.2, 0.25) is 0 Å². The molecule has 0 spiro atoms. The summed E-state index contributed by atoms with van der Waals surface area (Å²) in [5.74, 6) is 1.68. The average Bonchev–Trinajstić information content (AvgIpc) is 3.66. The van der Waals surface area contributed by atoms with Gasteiger partial charge in [-0.05, 0) is 73.5 Å². The van der Waals surface area contributed by atoms with Crippen molar-refractivity contribution < 1.29 is 4.74 Å². The first-order chi connectivity index (χ1) is 18.2. The topological polar surface area (TPSA) is 60.5 Å². The second-order valence-electron chi connectivity index (χ2n) is 9.48. The molecule has 0 atom stereocenters. The molecule has 7 nitrogen and oxygen atoms in total. The molecule has 4 heterocycles. The van der Waals surface area contributed by atoms with Crippen LogP contribution in [0.2, 0.25) is 5.02 Å². The van der Waals surface area contributed by atoms with Gasteiger partial charge in [0, 0.05) is 29.7 Å². The predicted molar refractivity (Wildman–Crippen MR) is 145 cm³/mol. The summed E-state index contributed by atoms with van der Waals surface area (Å²) in [7, 11) is 0. The lowest BCUT2D eigenvalue weighted by Gasteiger charge is -2.14. The summed E-state index contributed by atoms with van der Waals surface area (Å²) in [6.07, 6.45) is 7.16. The Kier molecular flexibility index (Phi) is 6.88. The van der Waals surface area contributed by atoms with Crippen molar-refractivity contribution >= 4 is 17.2 Å². The van der Waals surface area contributed by atoms with Gasteiger partial charge in [-0.25, -0.2) is 9.50 Å². The molecule has 3 aromatic heterocycles. The molecule has 1 aliphatic heterocycles. The Morgan fingerprint density at radius 1 is 0.919 bits per heavy atom. The summed E-state index contributed by atoms with van der Waals surface area (Å²) < 4.78 is 9.74. The molecule has 0 aliphatic carbocycles. The van der Waals surface area contributed by atoms with E-state index in [2.05, 4.69) is 22.1 Å². The van der Waals surface area contributed by atoms with Crippen LogP contribution in [0.3, 0.4) is 0 Å². The van der Waals surface area contributed by atoms with Crippen LogP contribution in [0.15, 0.2) is 79.1 Å². The largest absolute Gasteiger partial charge is 0.492 e. The van der Waals surface area contributed by atoms with Gasteiger partial charge in [-0.15, -0.1) is 0 Å². The molecule has 188 valence electrons. The molecule has 0 amide bonds. The van der Waals surface area contributed by atoms with E-state index in [4.69, 9.17) is 26.4 Å². The summed E-state index contributed by atoms with van der Waals surface area (Å²) >= 11 is 6.13. The van der Waals surface area contributed by atoms with Crippen molar-refractivity contribution in [1.82, 2.24) is 29.3 Å². The minimum absolute atomic E-state index is 0.650. The zero-order chi connectivity index (χ0) is 25.0. The van der Waals surface area contributed by atoms with E-state index in [1.807, 2.05) is 76.2 Å². The van der Waals surface area contributed by atoms with E-state index in [-0.39, 0.29) is 0 Å². The van der Waals surface area contributed by atoms with Crippen molar-refractivity contribution in [3.63, 3.8) is 0 Å². The number of pyridine rings is 1. The van der Waals surface area contributed by atoms with Crippen molar-refractivity contribution in [2.45, 2.75) is 25.8 Å². The normalized spacial score (nSPS) is 14.0. The van der Waals surface area contributed by atoms with Crippen LogP contribution in [0, 0.1) is 0 Å². The number of nitrogens with zero attached hydrogens (tertiary/aromatic N) is 6. The maximum Gasteiger partial charge on any atom is 0.156 e. The van der Waals surface area contributed by atoms with E-state index in [1.54, 1.807) is 0 Å². The highest BCUT2D eigenvalue weighted by molar-refractivity contribution is 6.30. The third kappa shape index (κ3) is 5.68. The minimum Gasteiger partial charge on any atom is -0.492 e. The second-order valence-corrected chi connectivity index (χ2v) is 9.92. The van der Waals surface area contributed by atoms with Gasteiger partial charge in [-0.1, -0.05) is 41.9 Å². The smallest absolute Gasteiger partial charge is 0.156 e. The second kappa shape index (κ2) is 10.7. The Bertz CT molecular complexity index is 1490. The average molecular weight is 513 g/mol. The minimum atomic E-state index is 0.650. The van der Waals surface area contributed by atoms with E-state index in [1.165, 1.54) is 25.9 Å². The number of hydrogen-bond donors (Lipinski definition) is 0. The first-order valence-electron chi connectivity index (χ1n) is 12.8. The van der Waals surface area contributed by atoms with E-state index < -0.39 is 0 Å². The van der Waals surface area contributed by atoms with Crippen molar-refractivity contribution in [2.24, 2.45) is 0 Å². The van der Waals surface area contributed by atoms with Crippen LogP contribution in [0.25, 0.3) is 16.9 Å². The first kappa shape index (κ1) is 23.7. The van der Waals surface area contributed by atoms with E-state index in [0.717, 1.165) is 57.8 Å². The molecule has 2 aromatic carbocycles. The number of aromatic nitrogens is 5. The molecular formula is C29H29ClN6O. The highest BCUT2D eigenvalue weighted by Gasteiger charge is 2.13. The lowest BCUT2D eigenvalue weighted by atomic mass is 10.1. The predicted octanol–water partition coefficient (Wildman–Crippen LogP) is 5.36. The first-order valence-corrected chi connectivity index (χ1v) is 13.1. The van der Waals surface area contributed by atoms with Gasteiger partial charge in [0.25, 0.3) is 0 Å². The summed E-state index contributed by atoms with van der Waals surface area (Å²) in [4.78, 5) is 7.23. The van der Waals surface area contributed by atoms with Gasteiger partial charge >= 0.3 is 0 Å².